The number of benzene rings is 1. The number of rotatable bonds is 5. The first-order valence-corrected chi connectivity index (χ1v) is 6.43. The van der Waals surface area contributed by atoms with E-state index >= 15 is 0 Å². The predicted octanol–water partition coefficient (Wildman–Crippen LogP) is 2.13. The SMILES string of the molecule is O=C(O)c1ccc(N(CCO)C2CCCC2)cc1. The first-order valence-electron chi connectivity index (χ1n) is 6.43. The van der Waals surface area contributed by atoms with Gasteiger partial charge in [-0.2, -0.15) is 0 Å². The highest BCUT2D eigenvalue weighted by molar-refractivity contribution is 5.88. The van der Waals surface area contributed by atoms with E-state index in [0.29, 0.717) is 18.2 Å². The number of hydrogen-bond donors (Lipinski definition) is 2. The van der Waals surface area contributed by atoms with Gasteiger partial charge < -0.3 is 15.1 Å². The van der Waals surface area contributed by atoms with Crippen molar-refractivity contribution in [3.8, 4) is 0 Å². The first kappa shape index (κ1) is 12.9. The molecule has 0 radical (unpaired) electrons. The zero-order valence-corrected chi connectivity index (χ0v) is 10.4. The molecule has 0 amide bonds. The lowest BCUT2D eigenvalue weighted by Gasteiger charge is -2.30. The maximum absolute atomic E-state index is 10.8. The molecule has 0 heterocycles. The van der Waals surface area contributed by atoms with Gasteiger partial charge in [0.15, 0.2) is 0 Å². The number of carboxylic acid groups (broad SMARTS) is 1. The molecule has 1 aliphatic rings. The summed E-state index contributed by atoms with van der Waals surface area (Å²) >= 11 is 0. The van der Waals surface area contributed by atoms with Crippen LogP contribution in [0.25, 0.3) is 0 Å². The molecule has 1 fully saturated rings. The van der Waals surface area contributed by atoms with Gasteiger partial charge in [-0.3, -0.25) is 0 Å². The molecule has 18 heavy (non-hydrogen) atoms. The Bertz CT molecular complexity index is 396. The van der Waals surface area contributed by atoms with Crippen molar-refractivity contribution in [2.45, 2.75) is 31.7 Å². The molecule has 1 aromatic carbocycles. The molecule has 2 N–H and O–H groups in total. The molecule has 4 heteroatoms. The van der Waals surface area contributed by atoms with E-state index in [0.717, 1.165) is 18.5 Å². The van der Waals surface area contributed by atoms with Gasteiger partial charge in [-0.05, 0) is 37.1 Å². The van der Waals surface area contributed by atoms with Gasteiger partial charge in [0, 0.05) is 18.3 Å². The second-order valence-electron chi connectivity index (χ2n) is 4.71. The Hall–Kier alpha value is -1.55. The third-order valence-electron chi connectivity index (χ3n) is 3.55. The van der Waals surface area contributed by atoms with Crippen LogP contribution >= 0.6 is 0 Å². The van der Waals surface area contributed by atoms with Gasteiger partial charge >= 0.3 is 5.97 Å². The fourth-order valence-corrected chi connectivity index (χ4v) is 2.64. The Labute approximate surface area is 107 Å². The molecule has 0 bridgehead atoms. The van der Waals surface area contributed by atoms with E-state index in [-0.39, 0.29) is 6.61 Å². The van der Waals surface area contributed by atoms with Crippen LogP contribution in [0.1, 0.15) is 36.0 Å². The Balaban J connectivity index is 2.16. The fourth-order valence-electron chi connectivity index (χ4n) is 2.64. The highest BCUT2D eigenvalue weighted by Crippen LogP contribution is 2.28. The summed E-state index contributed by atoms with van der Waals surface area (Å²) in [6.45, 7) is 0.730. The molecule has 98 valence electrons. The van der Waals surface area contributed by atoms with Gasteiger partial charge in [-0.1, -0.05) is 12.8 Å². The zero-order chi connectivity index (χ0) is 13.0. The molecule has 0 aromatic heterocycles. The van der Waals surface area contributed by atoms with Gasteiger partial charge in [-0.15, -0.1) is 0 Å². The standard InChI is InChI=1S/C14H19NO3/c16-10-9-15(12-3-1-2-4-12)13-7-5-11(6-8-13)14(17)18/h5-8,12,16H,1-4,9-10H2,(H,17,18). The van der Waals surface area contributed by atoms with Crippen LogP contribution in [0, 0.1) is 0 Å². The van der Waals surface area contributed by atoms with Crippen molar-refractivity contribution in [3.63, 3.8) is 0 Å². The van der Waals surface area contributed by atoms with Crippen LogP contribution in [0.15, 0.2) is 24.3 Å². The molecule has 0 unspecified atom stereocenters. The molecule has 1 aromatic rings. The molecule has 0 atom stereocenters. The summed E-state index contributed by atoms with van der Waals surface area (Å²) < 4.78 is 0. The third-order valence-corrected chi connectivity index (χ3v) is 3.55. The van der Waals surface area contributed by atoms with Crippen molar-refractivity contribution in [1.82, 2.24) is 0 Å². The topological polar surface area (TPSA) is 60.8 Å². The molecular formula is C14H19NO3. The Morgan fingerprint density at radius 3 is 2.33 bits per heavy atom. The summed E-state index contributed by atoms with van der Waals surface area (Å²) in [5, 5.41) is 18.0. The Kier molecular flexibility index (Phi) is 4.20. The van der Waals surface area contributed by atoms with Gasteiger partial charge in [-0.25, -0.2) is 4.79 Å². The minimum atomic E-state index is -0.906. The van der Waals surface area contributed by atoms with E-state index in [4.69, 9.17) is 10.2 Å². The van der Waals surface area contributed by atoms with Gasteiger partial charge in [0.05, 0.1) is 12.2 Å². The van der Waals surface area contributed by atoms with Gasteiger partial charge in [0.25, 0.3) is 0 Å². The lowest BCUT2D eigenvalue weighted by Crippen LogP contribution is -2.35. The van der Waals surface area contributed by atoms with E-state index < -0.39 is 5.97 Å². The quantitative estimate of drug-likeness (QED) is 0.839. The van der Waals surface area contributed by atoms with Crippen LogP contribution in [0.2, 0.25) is 0 Å². The van der Waals surface area contributed by atoms with Crippen molar-refractivity contribution in [2.24, 2.45) is 0 Å². The molecular weight excluding hydrogens is 230 g/mol. The number of carbonyl (C=O) groups is 1. The van der Waals surface area contributed by atoms with Crippen molar-refractivity contribution in [3.05, 3.63) is 29.8 Å². The second-order valence-corrected chi connectivity index (χ2v) is 4.71. The number of anilines is 1. The summed E-state index contributed by atoms with van der Waals surface area (Å²) in [4.78, 5) is 13.0. The highest BCUT2D eigenvalue weighted by atomic mass is 16.4. The van der Waals surface area contributed by atoms with E-state index in [1.54, 1.807) is 12.1 Å². The summed E-state index contributed by atoms with van der Waals surface area (Å²) in [7, 11) is 0. The minimum absolute atomic E-state index is 0.122. The normalized spacial score (nSPS) is 15.8. The molecule has 1 aliphatic carbocycles. The van der Waals surface area contributed by atoms with E-state index in [1.165, 1.54) is 12.8 Å². The molecule has 4 nitrogen and oxygen atoms in total. The van der Waals surface area contributed by atoms with Crippen LogP contribution in [0.4, 0.5) is 5.69 Å². The van der Waals surface area contributed by atoms with Gasteiger partial charge in [0.1, 0.15) is 0 Å². The molecule has 2 rings (SSSR count). The lowest BCUT2D eigenvalue weighted by molar-refractivity contribution is 0.0697. The Morgan fingerprint density at radius 2 is 1.83 bits per heavy atom. The molecule has 1 saturated carbocycles. The number of hydrogen-bond acceptors (Lipinski definition) is 3. The maximum Gasteiger partial charge on any atom is 0.335 e. The van der Waals surface area contributed by atoms with Crippen LogP contribution < -0.4 is 4.90 Å². The van der Waals surface area contributed by atoms with E-state index in [9.17, 15) is 4.79 Å². The Morgan fingerprint density at radius 1 is 1.22 bits per heavy atom. The zero-order valence-electron chi connectivity index (χ0n) is 10.4. The first-order chi connectivity index (χ1) is 8.72. The van der Waals surface area contributed by atoms with E-state index in [2.05, 4.69) is 4.90 Å². The van der Waals surface area contributed by atoms with Crippen molar-refractivity contribution < 1.29 is 15.0 Å². The van der Waals surface area contributed by atoms with E-state index in [1.807, 2.05) is 12.1 Å². The number of aliphatic hydroxyl groups excluding tert-OH is 1. The molecule has 0 spiro atoms. The molecule has 0 aliphatic heterocycles. The number of aliphatic hydroxyl groups is 1. The average molecular weight is 249 g/mol. The fraction of sp³-hybridized carbons (Fsp3) is 0.500. The van der Waals surface area contributed by atoms with Crippen molar-refractivity contribution >= 4 is 11.7 Å². The number of nitrogens with zero attached hydrogens (tertiary/aromatic N) is 1. The second kappa shape index (κ2) is 5.87. The number of carboxylic acids is 1. The smallest absolute Gasteiger partial charge is 0.335 e. The number of aromatic carboxylic acids is 1. The lowest BCUT2D eigenvalue weighted by atomic mass is 10.1. The summed E-state index contributed by atoms with van der Waals surface area (Å²) in [5.74, 6) is -0.906. The van der Waals surface area contributed by atoms with Gasteiger partial charge in [0.2, 0.25) is 0 Å². The average Bonchev–Trinajstić information content (AvgIpc) is 2.90. The van der Waals surface area contributed by atoms with Crippen LogP contribution in [0.5, 0.6) is 0 Å². The summed E-state index contributed by atoms with van der Waals surface area (Å²) in [5.41, 5.74) is 1.30. The van der Waals surface area contributed by atoms with Crippen molar-refractivity contribution in [1.29, 1.82) is 0 Å². The van der Waals surface area contributed by atoms with Crippen LogP contribution in [-0.2, 0) is 0 Å². The third kappa shape index (κ3) is 2.82. The minimum Gasteiger partial charge on any atom is -0.478 e. The van der Waals surface area contributed by atoms with Crippen molar-refractivity contribution in [2.75, 3.05) is 18.1 Å². The highest BCUT2D eigenvalue weighted by Gasteiger charge is 2.22. The summed E-state index contributed by atoms with van der Waals surface area (Å²) in [6, 6.07) is 7.39. The summed E-state index contributed by atoms with van der Waals surface area (Å²) in [6.07, 6.45) is 4.78. The van der Waals surface area contributed by atoms with Crippen LogP contribution in [-0.4, -0.2) is 35.4 Å². The largest absolute Gasteiger partial charge is 0.478 e. The maximum atomic E-state index is 10.8. The molecule has 0 saturated heterocycles. The monoisotopic (exact) mass is 249 g/mol. The van der Waals surface area contributed by atoms with Crippen LogP contribution in [0.3, 0.4) is 0 Å². The predicted molar refractivity (Wildman–Crippen MR) is 70.1 cm³/mol.